The lowest BCUT2D eigenvalue weighted by Gasteiger charge is -2.40. The van der Waals surface area contributed by atoms with Gasteiger partial charge in [0.25, 0.3) is 0 Å². The van der Waals surface area contributed by atoms with Gasteiger partial charge in [0, 0.05) is 18.4 Å². The first-order chi connectivity index (χ1) is 13.7. The number of ether oxygens (including phenoxy) is 4. The van der Waals surface area contributed by atoms with Gasteiger partial charge in [-0.15, -0.1) is 0 Å². The highest BCUT2D eigenvalue weighted by Crippen LogP contribution is 2.36. The van der Waals surface area contributed by atoms with Crippen LogP contribution in [0.3, 0.4) is 0 Å². The third kappa shape index (κ3) is 6.02. The third-order valence-electron chi connectivity index (χ3n) is 6.07. The molecule has 2 saturated heterocycles. The van der Waals surface area contributed by atoms with Crippen molar-refractivity contribution >= 4 is 0 Å². The Labute approximate surface area is 175 Å². The predicted molar refractivity (Wildman–Crippen MR) is 113 cm³/mol. The van der Waals surface area contributed by atoms with E-state index in [1.165, 1.54) is 16.7 Å². The second kappa shape index (κ2) is 9.88. The third-order valence-corrected chi connectivity index (χ3v) is 6.07. The molecule has 7 atom stereocenters. The Morgan fingerprint density at radius 3 is 2.21 bits per heavy atom. The summed E-state index contributed by atoms with van der Waals surface area (Å²) in [5, 5.41) is 10.0. The highest BCUT2D eigenvalue weighted by Gasteiger charge is 2.35. The summed E-state index contributed by atoms with van der Waals surface area (Å²) in [5.41, 5.74) is 4.83. The van der Waals surface area contributed by atoms with E-state index in [1.807, 2.05) is 13.8 Å². The van der Waals surface area contributed by atoms with E-state index in [4.69, 9.17) is 18.9 Å². The molecule has 0 bridgehead atoms. The maximum atomic E-state index is 10.0. The van der Waals surface area contributed by atoms with Crippen molar-refractivity contribution in [2.24, 2.45) is 0 Å². The highest BCUT2D eigenvalue weighted by molar-refractivity contribution is 5.38. The fraction of sp³-hybridized carbons (Fsp3) is 0.750. The molecule has 0 amide bonds. The van der Waals surface area contributed by atoms with Crippen LogP contribution in [0.2, 0.25) is 0 Å². The zero-order chi connectivity index (χ0) is 21.1. The molecule has 0 saturated carbocycles. The molecule has 2 aliphatic heterocycles. The Hall–Kier alpha value is -0.980. The van der Waals surface area contributed by atoms with Gasteiger partial charge < -0.3 is 24.1 Å². The van der Waals surface area contributed by atoms with Crippen LogP contribution in [-0.4, -0.2) is 41.9 Å². The highest BCUT2D eigenvalue weighted by atomic mass is 16.7. The quantitative estimate of drug-likeness (QED) is 0.730. The molecular weight excluding hydrogens is 368 g/mol. The van der Waals surface area contributed by atoms with Gasteiger partial charge in [0.2, 0.25) is 0 Å². The number of aliphatic hydroxyl groups excluding tert-OH is 1. The van der Waals surface area contributed by atoms with Crippen LogP contribution in [0.1, 0.15) is 81.4 Å². The van der Waals surface area contributed by atoms with Crippen molar-refractivity contribution in [3.05, 3.63) is 34.4 Å². The van der Waals surface area contributed by atoms with Crippen LogP contribution in [0.25, 0.3) is 0 Å². The largest absolute Gasteiger partial charge is 0.393 e. The van der Waals surface area contributed by atoms with E-state index in [9.17, 15) is 5.11 Å². The molecule has 5 heteroatoms. The van der Waals surface area contributed by atoms with E-state index in [0.717, 1.165) is 31.2 Å². The van der Waals surface area contributed by atoms with Gasteiger partial charge >= 0.3 is 0 Å². The van der Waals surface area contributed by atoms with E-state index in [-0.39, 0.29) is 43.1 Å². The molecule has 1 N–H and O–H groups in total. The summed E-state index contributed by atoms with van der Waals surface area (Å²) in [5.74, 6) is 0. The van der Waals surface area contributed by atoms with Crippen molar-refractivity contribution in [1.82, 2.24) is 0 Å². The zero-order valence-electron chi connectivity index (χ0n) is 18.8. The Bertz CT molecular complexity index is 652. The number of aliphatic hydroxyl groups is 1. The summed E-state index contributed by atoms with van der Waals surface area (Å²) in [4.78, 5) is 0. The number of rotatable bonds is 6. The molecule has 5 nitrogen and oxygen atoms in total. The van der Waals surface area contributed by atoms with E-state index < -0.39 is 0 Å². The maximum absolute atomic E-state index is 10.0. The van der Waals surface area contributed by atoms with Crippen molar-refractivity contribution in [2.45, 2.75) is 117 Å². The standard InChI is InChI=1S/C24H38O5/c1-7-19(25)11-21-13-22(28-18(6)27-21)12-20-10-17(5)26-24(29-20)23-15(3)8-14(2)9-16(23)4/h8-9,17-22,24-25H,7,10-13H2,1-6H3/t17?,18-,19?,20?,21?,22?,24-/m0/s1. The lowest BCUT2D eigenvalue weighted by Crippen LogP contribution is -2.42. The zero-order valence-corrected chi connectivity index (χ0v) is 18.8. The Morgan fingerprint density at radius 2 is 1.55 bits per heavy atom. The first-order valence-electron chi connectivity index (χ1n) is 11.1. The van der Waals surface area contributed by atoms with Gasteiger partial charge in [0.05, 0.1) is 30.5 Å². The Kier molecular flexibility index (Phi) is 7.74. The van der Waals surface area contributed by atoms with Crippen LogP contribution < -0.4 is 0 Å². The van der Waals surface area contributed by atoms with E-state index in [0.29, 0.717) is 6.42 Å². The molecule has 2 heterocycles. The van der Waals surface area contributed by atoms with Crippen molar-refractivity contribution in [1.29, 1.82) is 0 Å². The number of hydrogen-bond acceptors (Lipinski definition) is 5. The van der Waals surface area contributed by atoms with Gasteiger partial charge in [0.15, 0.2) is 12.6 Å². The minimum absolute atomic E-state index is 0.0355. The lowest BCUT2D eigenvalue weighted by molar-refractivity contribution is -0.270. The van der Waals surface area contributed by atoms with Crippen LogP contribution in [0, 0.1) is 20.8 Å². The van der Waals surface area contributed by atoms with Gasteiger partial charge in [-0.05, 0) is 65.0 Å². The Morgan fingerprint density at radius 1 is 0.931 bits per heavy atom. The van der Waals surface area contributed by atoms with Crippen molar-refractivity contribution in [2.75, 3.05) is 0 Å². The van der Waals surface area contributed by atoms with Gasteiger partial charge in [0.1, 0.15) is 0 Å². The molecule has 0 spiro atoms. The topological polar surface area (TPSA) is 57.2 Å². The minimum Gasteiger partial charge on any atom is -0.393 e. The first-order valence-corrected chi connectivity index (χ1v) is 11.1. The Balaban J connectivity index is 1.66. The molecule has 1 aromatic rings. The molecule has 3 rings (SSSR count). The van der Waals surface area contributed by atoms with E-state index >= 15 is 0 Å². The van der Waals surface area contributed by atoms with Crippen LogP contribution >= 0.6 is 0 Å². The molecule has 5 unspecified atom stereocenters. The van der Waals surface area contributed by atoms with Gasteiger partial charge in [-0.1, -0.05) is 24.6 Å². The molecule has 2 fully saturated rings. The molecular formula is C24H38O5. The van der Waals surface area contributed by atoms with E-state index in [1.54, 1.807) is 0 Å². The van der Waals surface area contributed by atoms with Crippen LogP contribution in [-0.2, 0) is 18.9 Å². The predicted octanol–water partition coefficient (Wildman–Crippen LogP) is 4.88. The summed E-state index contributed by atoms with van der Waals surface area (Å²) >= 11 is 0. The minimum atomic E-state index is -0.334. The summed E-state index contributed by atoms with van der Waals surface area (Å²) in [6, 6.07) is 4.38. The SMILES string of the molecule is CCC(O)CC1CC(CC2CC(C)O[C@H](c3c(C)cc(C)cc3C)O2)O[C@@H](C)O1. The summed E-state index contributed by atoms with van der Waals surface area (Å²) in [6.07, 6.45) is 3.30. The molecule has 1 aromatic carbocycles. The maximum Gasteiger partial charge on any atom is 0.184 e. The molecule has 0 radical (unpaired) electrons. The van der Waals surface area contributed by atoms with Gasteiger partial charge in [-0.3, -0.25) is 0 Å². The molecule has 0 aliphatic carbocycles. The first kappa shape index (κ1) is 22.7. The number of benzene rings is 1. The lowest BCUT2D eigenvalue weighted by atomic mass is 9.95. The fourth-order valence-corrected chi connectivity index (χ4v) is 4.80. The molecule has 2 aliphatic rings. The number of hydrogen-bond donors (Lipinski definition) is 1. The van der Waals surface area contributed by atoms with Crippen molar-refractivity contribution < 1.29 is 24.1 Å². The second-order valence-corrected chi connectivity index (χ2v) is 8.94. The average molecular weight is 407 g/mol. The smallest absolute Gasteiger partial charge is 0.184 e. The summed E-state index contributed by atoms with van der Waals surface area (Å²) in [7, 11) is 0. The van der Waals surface area contributed by atoms with Gasteiger partial charge in [-0.25, -0.2) is 0 Å². The summed E-state index contributed by atoms with van der Waals surface area (Å²) in [6.45, 7) is 12.4. The number of aryl methyl sites for hydroxylation is 3. The molecule has 0 aromatic heterocycles. The van der Waals surface area contributed by atoms with Crippen LogP contribution in [0.4, 0.5) is 0 Å². The van der Waals surface area contributed by atoms with Crippen molar-refractivity contribution in [3.8, 4) is 0 Å². The monoisotopic (exact) mass is 406 g/mol. The van der Waals surface area contributed by atoms with E-state index in [2.05, 4.69) is 39.8 Å². The van der Waals surface area contributed by atoms with Crippen molar-refractivity contribution in [3.63, 3.8) is 0 Å². The molecule has 29 heavy (non-hydrogen) atoms. The van der Waals surface area contributed by atoms with Crippen LogP contribution in [0.5, 0.6) is 0 Å². The fourth-order valence-electron chi connectivity index (χ4n) is 4.80. The van der Waals surface area contributed by atoms with Crippen LogP contribution in [0.15, 0.2) is 12.1 Å². The molecule has 164 valence electrons. The second-order valence-electron chi connectivity index (χ2n) is 8.94. The summed E-state index contributed by atoms with van der Waals surface area (Å²) < 4.78 is 24.5. The van der Waals surface area contributed by atoms with Gasteiger partial charge in [-0.2, -0.15) is 0 Å². The normalized spacial score (nSPS) is 34.2. The average Bonchev–Trinajstić information content (AvgIpc) is 2.59.